The highest BCUT2D eigenvalue weighted by molar-refractivity contribution is 9.10. The zero-order chi connectivity index (χ0) is 18.8. The van der Waals surface area contributed by atoms with Crippen molar-refractivity contribution in [2.75, 3.05) is 26.4 Å². The van der Waals surface area contributed by atoms with Gasteiger partial charge in [0.05, 0.1) is 0 Å². The van der Waals surface area contributed by atoms with Gasteiger partial charge >= 0.3 is 0 Å². The summed E-state index contributed by atoms with van der Waals surface area (Å²) >= 11 is 16.1. The van der Waals surface area contributed by atoms with Gasteiger partial charge in [-0.1, -0.05) is 39.1 Å². The zero-order valence-corrected chi connectivity index (χ0v) is 18.1. The largest absolute Gasteiger partial charge is 0.454 e. The van der Waals surface area contributed by atoms with E-state index in [1.165, 1.54) is 18.4 Å². The summed E-state index contributed by atoms with van der Waals surface area (Å²) in [5, 5.41) is 1.57. The van der Waals surface area contributed by atoms with Crippen LogP contribution < -0.4 is 9.47 Å². The van der Waals surface area contributed by atoms with Crippen LogP contribution >= 0.6 is 39.1 Å². The quantitative estimate of drug-likeness (QED) is 0.536. The summed E-state index contributed by atoms with van der Waals surface area (Å²) < 4.78 is 11.9. The number of benzene rings is 2. The molecular formula is C21H22BrCl2NO2. The molecule has 1 saturated heterocycles. The van der Waals surface area contributed by atoms with Crippen LogP contribution in [0.2, 0.25) is 10.0 Å². The van der Waals surface area contributed by atoms with E-state index in [0.29, 0.717) is 0 Å². The molecule has 2 aliphatic heterocycles. The van der Waals surface area contributed by atoms with Gasteiger partial charge in [-0.2, -0.15) is 0 Å². The van der Waals surface area contributed by atoms with E-state index in [-0.39, 0.29) is 6.79 Å². The number of fused-ring (bicyclic) bond motifs is 1. The lowest BCUT2D eigenvalue weighted by atomic mass is 9.90. The summed E-state index contributed by atoms with van der Waals surface area (Å²) in [6, 6.07) is 10.1. The number of piperidine rings is 1. The molecule has 2 aromatic rings. The van der Waals surface area contributed by atoms with Crippen LogP contribution in [0.25, 0.3) is 0 Å². The Bertz CT molecular complexity index is 802. The Kier molecular flexibility index (Phi) is 6.18. The van der Waals surface area contributed by atoms with Gasteiger partial charge in [-0.05, 0) is 80.1 Å². The normalized spacial score (nSPS) is 17.4. The number of likely N-dealkylation sites (tertiary alicyclic amines) is 1. The summed E-state index contributed by atoms with van der Waals surface area (Å²) in [6.45, 7) is 3.57. The molecule has 1 fully saturated rings. The average Bonchev–Trinajstić information content (AvgIpc) is 3.07. The number of halogens is 3. The summed E-state index contributed by atoms with van der Waals surface area (Å²) in [5.74, 6) is 2.28. The van der Waals surface area contributed by atoms with Gasteiger partial charge in [0, 0.05) is 27.1 Å². The first-order valence-electron chi connectivity index (χ1n) is 9.32. The van der Waals surface area contributed by atoms with Gasteiger partial charge in [0.25, 0.3) is 0 Å². The van der Waals surface area contributed by atoms with Crippen molar-refractivity contribution in [1.82, 2.24) is 4.90 Å². The lowest BCUT2D eigenvalue weighted by Gasteiger charge is -2.32. The highest BCUT2D eigenvalue weighted by Gasteiger charge is 2.21. The lowest BCUT2D eigenvalue weighted by molar-refractivity contribution is 0.174. The second-order valence-corrected chi connectivity index (χ2v) is 9.07. The number of ether oxygens (including phenoxy) is 2. The predicted molar refractivity (Wildman–Crippen MR) is 113 cm³/mol. The fourth-order valence-corrected chi connectivity index (χ4v) is 5.08. The van der Waals surface area contributed by atoms with Crippen molar-refractivity contribution in [1.29, 1.82) is 0 Å². The van der Waals surface area contributed by atoms with Crippen molar-refractivity contribution in [2.24, 2.45) is 5.92 Å². The topological polar surface area (TPSA) is 21.7 Å². The Morgan fingerprint density at radius 2 is 1.74 bits per heavy atom. The third-order valence-electron chi connectivity index (χ3n) is 5.39. The second-order valence-electron chi connectivity index (χ2n) is 7.31. The first kappa shape index (κ1) is 19.4. The average molecular weight is 471 g/mol. The second kappa shape index (κ2) is 8.60. The van der Waals surface area contributed by atoms with E-state index in [9.17, 15) is 0 Å². The molecule has 2 aliphatic rings. The maximum Gasteiger partial charge on any atom is 0.231 e. The number of hydrogen-bond donors (Lipinski definition) is 0. The molecular weight excluding hydrogens is 449 g/mol. The van der Waals surface area contributed by atoms with E-state index in [1.54, 1.807) is 0 Å². The van der Waals surface area contributed by atoms with Crippen LogP contribution in [0.1, 0.15) is 24.0 Å². The molecule has 0 spiro atoms. The Morgan fingerprint density at radius 3 is 2.48 bits per heavy atom. The molecule has 2 heterocycles. The summed E-state index contributed by atoms with van der Waals surface area (Å²) in [4.78, 5) is 2.53. The zero-order valence-electron chi connectivity index (χ0n) is 15.0. The van der Waals surface area contributed by atoms with Crippen molar-refractivity contribution < 1.29 is 9.47 Å². The van der Waals surface area contributed by atoms with Crippen molar-refractivity contribution >= 4 is 39.1 Å². The monoisotopic (exact) mass is 469 g/mol. The van der Waals surface area contributed by atoms with E-state index in [1.807, 2.05) is 18.2 Å². The van der Waals surface area contributed by atoms with Crippen molar-refractivity contribution in [3.05, 3.63) is 56.0 Å². The number of nitrogens with zero attached hydrogens (tertiary/aromatic N) is 1. The van der Waals surface area contributed by atoms with Gasteiger partial charge < -0.3 is 14.4 Å². The maximum absolute atomic E-state index is 6.40. The Labute approximate surface area is 178 Å². The summed E-state index contributed by atoms with van der Waals surface area (Å²) in [6.07, 6.45) is 4.47. The predicted octanol–water partition coefficient (Wildman–Crippen LogP) is 5.98. The van der Waals surface area contributed by atoms with Gasteiger partial charge in [0.1, 0.15) is 0 Å². The van der Waals surface area contributed by atoms with Crippen LogP contribution in [-0.2, 0) is 12.8 Å². The smallest absolute Gasteiger partial charge is 0.231 e. The molecule has 0 radical (unpaired) electrons. The molecule has 0 aliphatic carbocycles. The van der Waals surface area contributed by atoms with Gasteiger partial charge in [-0.25, -0.2) is 0 Å². The molecule has 27 heavy (non-hydrogen) atoms. The summed E-state index contributed by atoms with van der Waals surface area (Å²) in [5.41, 5.74) is 2.45. The standard InChI is InChI=1S/C21H22BrCl2NO2/c22-17-8-15(9-18(23)11-17)7-14-1-4-25(5-2-14)6-3-16-10-20-21(12-19(16)24)27-13-26-20/h8-12,14H,1-7,13H2. The number of hydrogen-bond acceptors (Lipinski definition) is 3. The Morgan fingerprint density at radius 1 is 1.00 bits per heavy atom. The molecule has 0 aromatic heterocycles. The molecule has 0 atom stereocenters. The summed E-state index contributed by atoms with van der Waals surface area (Å²) in [7, 11) is 0. The molecule has 144 valence electrons. The van der Waals surface area contributed by atoms with Crippen LogP contribution in [0.15, 0.2) is 34.8 Å². The van der Waals surface area contributed by atoms with E-state index in [0.717, 1.165) is 70.0 Å². The first-order chi connectivity index (χ1) is 13.1. The minimum atomic E-state index is 0.284. The van der Waals surface area contributed by atoms with Gasteiger partial charge in [-0.3, -0.25) is 0 Å². The van der Waals surface area contributed by atoms with E-state index >= 15 is 0 Å². The van der Waals surface area contributed by atoms with Gasteiger partial charge in [0.15, 0.2) is 11.5 Å². The fraction of sp³-hybridized carbons (Fsp3) is 0.429. The molecule has 4 rings (SSSR count). The molecule has 0 bridgehead atoms. The molecule has 0 saturated carbocycles. The number of rotatable bonds is 5. The minimum absolute atomic E-state index is 0.284. The van der Waals surface area contributed by atoms with Crippen LogP contribution in [0.4, 0.5) is 0 Å². The minimum Gasteiger partial charge on any atom is -0.454 e. The molecule has 3 nitrogen and oxygen atoms in total. The molecule has 0 N–H and O–H groups in total. The molecule has 2 aromatic carbocycles. The lowest BCUT2D eigenvalue weighted by Crippen LogP contribution is -2.35. The SMILES string of the molecule is Clc1cc(Br)cc(CC2CCN(CCc3cc4c(cc3Cl)OCO4)CC2)c1. The van der Waals surface area contributed by atoms with E-state index in [4.69, 9.17) is 32.7 Å². The molecule has 0 unspecified atom stereocenters. The third kappa shape index (κ3) is 4.92. The van der Waals surface area contributed by atoms with Crippen LogP contribution in [-0.4, -0.2) is 31.3 Å². The van der Waals surface area contributed by atoms with E-state index in [2.05, 4.69) is 33.0 Å². The van der Waals surface area contributed by atoms with Crippen molar-refractivity contribution in [2.45, 2.75) is 25.7 Å². The van der Waals surface area contributed by atoms with Gasteiger partial charge in [-0.15, -0.1) is 0 Å². The molecule has 6 heteroatoms. The van der Waals surface area contributed by atoms with Crippen LogP contribution in [0.3, 0.4) is 0 Å². The van der Waals surface area contributed by atoms with Crippen molar-refractivity contribution in [3.8, 4) is 11.5 Å². The fourth-order valence-electron chi connectivity index (χ4n) is 3.91. The third-order valence-corrected chi connectivity index (χ3v) is 6.42. The van der Waals surface area contributed by atoms with Crippen molar-refractivity contribution in [3.63, 3.8) is 0 Å². The van der Waals surface area contributed by atoms with Crippen LogP contribution in [0.5, 0.6) is 11.5 Å². The Balaban J connectivity index is 1.27. The van der Waals surface area contributed by atoms with Crippen LogP contribution in [0, 0.1) is 5.92 Å². The molecule has 0 amide bonds. The highest BCUT2D eigenvalue weighted by atomic mass is 79.9. The van der Waals surface area contributed by atoms with E-state index < -0.39 is 0 Å². The first-order valence-corrected chi connectivity index (χ1v) is 10.9. The maximum atomic E-state index is 6.40. The van der Waals surface area contributed by atoms with Gasteiger partial charge in [0.2, 0.25) is 6.79 Å². The highest BCUT2D eigenvalue weighted by Crippen LogP contribution is 2.37. The Hall–Kier alpha value is -0.940.